The van der Waals surface area contributed by atoms with Crippen LogP contribution >= 0.6 is 24.0 Å². The first-order chi connectivity index (χ1) is 15.0. The number of nitrogens with zero attached hydrogens (tertiary/aromatic N) is 2. The van der Waals surface area contributed by atoms with Crippen molar-refractivity contribution in [2.45, 2.75) is 36.6 Å². The van der Waals surface area contributed by atoms with E-state index < -0.39 is 37.3 Å². The zero-order valence-corrected chi connectivity index (χ0v) is 18.0. The standard InChI is InChI=1S/C22H22N2O5S2/c23-10-14-13(17-7-4-8-31-17)9-15(12-5-2-1-3-6-12)24(22(14)30)21-20(28)19(27)18(26)16(11-25)29-21/h1-9,13,16,18-21,25-28,30H,11H2/t13-,16+,18-,19-,20-,21-/m1/s1. The molecule has 4 N–H and O–H groups in total. The van der Waals surface area contributed by atoms with Crippen molar-refractivity contribution in [3.05, 3.63) is 75.0 Å². The molecule has 1 saturated heterocycles. The lowest BCUT2D eigenvalue weighted by molar-refractivity contribution is -0.252. The highest BCUT2D eigenvalue weighted by Crippen LogP contribution is 2.44. The lowest BCUT2D eigenvalue weighted by atomic mass is 9.90. The number of benzene rings is 1. The SMILES string of the molecule is N#CC1=C(S)N([C@@H]2O[C@@H](CO)[C@@H](O)[C@@H](O)[C@H]2O)C(c2ccccc2)=C[C@H]1c1cccs1. The molecule has 1 aromatic carbocycles. The summed E-state index contributed by atoms with van der Waals surface area (Å²) in [5.41, 5.74) is 1.79. The van der Waals surface area contributed by atoms with Crippen LogP contribution in [-0.2, 0) is 4.74 Å². The van der Waals surface area contributed by atoms with E-state index in [1.54, 1.807) is 4.90 Å². The summed E-state index contributed by atoms with van der Waals surface area (Å²) in [6.07, 6.45) is -4.89. The number of aliphatic hydroxyl groups is 4. The number of ether oxygens (including phenoxy) is 1. The minimum Gasteiger partial charge on any atom is -0.394 e. The van der Waals surface area contributed by atoms with Crippen LogP contribution in [0.3, 0.4) is 0 Å². The highest BCUT2D eigenvalue weighted by Gasteiger charge is 2.48. The van der Waals surface area contributed by atoms with E-state index in [2.05, 4.69) is 18.7 Å². The Balaban J connectivity index is 1.86. The van der Waals surface area contributed by atoms with Gasteiger partial charge in [-0.1, -0.05) is 36.4 Å². The second-order valence-electron chi connectivity index (χ2n) is 7.35. The number of thiol groups is 1. The fraction of sp³-hybridized carbons (Fsp3) is 0.318. The summed E-state index contributed by atoms with van der Waals surface area (Å²) in [6, 6.07) is 15.4. The topological polar surface area (TPSA) is 117 Å². The number of hydrogen-bond acceptors (Lipinski definition) is 9. The van der Waals surface area contributed by atoms with Crippen molar-refractivity contribution in [3.63, 3.8) is 0 Å². The molecule has 7 nitrogen and oxygen atoms in total. The number of rotatable bonds is 4. The van der Waals surface area contributed by atoms with Crippen LogP contribution in [0.2, 0.25) is 0 Å². The number of thiophene rings is 1. The van der Waals surface area contributed by atoms with Gasteiger partial charge in [0.1, 0.15) is 24.4 Å². The first-order valence-electron chi connectivity index (χ1n) is 9.71. The fourth-order valence-corrected chi connectivity index (χ4v) is 5.13. The third-order valence-electron chi connectivity index (χ3n) is 5.53. The molecule has 3 heterocycles. The van der Waals surface area contributed by atoms with Gasteiger partial charge in [-0.25, -0.2) is 0 Å². The number of allylic oxidation sites excluding steroid dienone is 2. The van der Waals surface area contributed by atoms with Gasteiger partial charge in [0.05, 0.1) is 29.2 Å². The van der Waals surface area contributed by atoms with E-state index in [1.807, 2.05) is 53.9 Å². The van der Waals surface area contributed by atoms with Crippen LogP contribution < -0.4 is 0 Å². The summed E-state index contributed by atoms with van der Waals surface area (Å²) in [5, 5.41) is 53.0. The van der Waals surface area contributed by atoms with E-state index in [0.717, 1.165) is 10.4 Å². The Hall–Kier alpha value is -2.16. The second kappa shape index (κ2) is 9.14. The largest absolute Gasteiger partial charge is 0.394 e. The Bertz CT molecular complexity index is 1020. The number of aliphatic hydroxyl groups excluding tert-OH is 4. The molecule has 162 valence electrons. The van der Waals surface area contributed by atoms with E-state index in [4.69, 9.17) is 4.74 Å². The maximum atomic E-state index is 10.7. The molecule has 2 aliphatic heterocycles. The summed E-state index contributed by atoms with van der Waals surface area (Å²) in [5.74, 6) is -0.339. The Morgan fingerprint density at radius 1 is 1.06 bits per heavy atom. The third kappa shape index (κ3) is 3.92. The van der Waals surface area contributed by atoms with Crippen LogP contribution in [0.1, 0.15) is 16.4 Å². The van der Waals surface area contributed by atoms with E-state index in [-0.39, 0.29) is 10.9 Å². The Labute approximate surface area is 189 Å². The molecule has 0 unspecified atom stereocenters. The first-order valence-corrected chi connectivity index (χ1v) is 11.0. The predicted octanol–water partition coefficient (Wildman–Crippen LogP) is 1.65. The molecule has 4 rings (SSSR count). The third-order valence-corrected chi connectivity index (χ3v) is 6.94. The van der Waals surface area contributed by atoms with Gasteiger partial charge < -0.3 is 30.1 Å². The van der Waals surface area contributed by atoms with E-state index >= 15 is 0 Å². The van der Waals surface area contributed by atoms with Crippen molar-refractivity contribution >= 4 is 29.7 Å². The average Bonchev–Trinajstić information content (AvgIpc) is 3.33. The molecule has 2 aliphatic rings. The molecule has 0 amide bonds. The monoisotopic (exact) mass is 458 g/mol. The van der Waals surface area contributed by atoms with Gasteiger partial charge in [-0.05, 0) is 23.1 Å². The molecule has 6 atom stereocenters. The van der Waals surface area contributed by atoms with Gasteiger partial charge in [0.2, 0.25) is 0 Å². The minimum atomic E-state index is -1.55. The normalized spacial score (nSPS) is 31.4. The van der Waals surface area contributed by atoms with Crippen LogP contribution in [0.4, 0.5) is 0 Å². The Morgan fingerprint density at radius 3 is 2.42 bits per heavy atom. The van der Waals surface area contributed by atoms with Crippen molar-refractivity contribution in [1.29, 1.82) is 5.26 Å². The average molecular weight is 459 g/mol. The fourth-order valence-electron chi connectivity index (χ4n) is 3.91. The molecule has 9 heteroatoms. The predicted molar refractivity (Wildman–Crippen MR) is 119 cm³/mol. The van der Waals surface area contributed by atoms with Crippen molar-refractivity contribution in [3.8, 4) is 6.07 Å². The summed E-state index contributed by atoms with van der Waals surface area (Å²) in [7, 11) is 0. The van der Waals surface area contributed by atoms with E-state index in [9.17, 15) is 25.7 Å². The number of nitriles is 1. The molecule has 0 bridgehead atoms. The van der Waals surface area contributed by atoms with Crippen LogP contribution in [0.15, 0.2) is 64.5 Å². The maximum Gasteiger partial charge on any atom is 0.164 e. The van der Waals surface area contributed by atoms with Crippen molar-refractivity contribution < 1.29 is 25.2 Å². The van der Waals surface area contributed by atoms with Crippen molar-refractivity contribution in [2.75, 3.05) is 6.61 Å². The zero-order valence-electron chi connectivity index (χ0n) is 16.3. The molecule has 0 saturated carbocycles. The molecular weight excluding hydrogens is 436 g/mol. The van der Waals surface area contributed by atoms with Crippen LogP contribution in [0.5, 0.6) is 0 Å². The minimum absolute atomic E-state index is 0.270. The first kappa shape index (κ1) is 22.0. The van der Waals surface area contributed by atoms with E-state index in [0.29, 0.717) is 11.3 Å². The molecule has 0 aliphatic carbocycles. The second-order valence-corrected chi connectivity index (χ2v) is 8.75. The highest BCUT2D eigenvalue weighted by atomic mass is 32.1. The Morgan fingerprint density at radius 2 is 1.81 bits per heavy atom. The maximum absolute atomic E-state index is 10.7. The quantitative estimate of drug-likeness (QED) is 0.442. The lowest BCUT2D eigenvalue weighted by Gasteiger charge is -2.47. The van der Waals surface area contributed by atoms with Gasteiger partial charge in [0.15, 0.2) is 6.23 Å². The van der Waals surface area contributed by atoms with E-state index in [1.165, 1.54) is 11.3 Å². The molecule has 2 aromatic rings. The zero-order chi connectivity index (χ0) is 22.1. The number of hydrogen-bond donors (Lipinski definition) is 5. The van der Waals surface area contributed by atoms with Gasteiger partial charge in [-0.2, -0.15) is 5.26 Å². The van der Waals surface area contributed by atoms with Crippen molar-refractivity contribution in [1.82, 2.24) is 4.90 Å². The highest BCUT2D eigenvalue weighted by molar-refractivity contribution is 7.84. The van der Waals surface area contributed by atoms with Gasteiger partial charge in [0, 0.05) is 10.6 Å². The summed E-state index contributed by atoms with van der Waals surface area (Å²) < 4.78 is 5.80. The Kier molecular flexibility index (Phi) is 6.50. The smallest absolute Gasteiger partial charge is 0.164 e. The molecule has 0 spiro atoms. The summed E-state index contributed by atoms with van der Waals surface area (Å²) in [4.78, 5) is 2.51. The van der Waals surface area contributed by atoms with Crippen molar-refractivity contribution in [2.24, 2.45) is 0 Å². The molecule has 1 fully saturated rings. The molecule has 1 aromatic heterocycles. The molecular formula is C22H22N2O5S2. The molecule has 31 heavy (non-hydrogen) atoms. The van der Waals surface area contributed by atoms with Crippen LogP contribution in [0.25, 0.3) is 5.70 Å². The van der Waals surface area contributed by atoms with Gasteiger partial charge in [-0.15, -0.1) is 24.0 Å². The summed E-state index contributed by atoms with van der Waals surface area (Å²) >= 11 is 6.16. The van der Waals surface area contributed by atoms with Crippen LogP contribution in [0, 0.1) is 11.3 Å². The van der Waals surface area contributed by atoms with Crippen LogP contribution in [-0.4, -0.2) is 62.6 Å². The van der Waals surface area contributed by atoms with Gasteiger partial charge >= 0.3 is 0 Å². The lowest BCUT2D eigenvalue weighted by Crippen LogP contribution is -2.62. The van der Waals surface area contributed by atoms with Gasteiger partial charge in [-0.3, -0.25) is 0 Å². The van der Waals surface area contributed by atoms with Gasteiger partial charge in [0.25, 0.3) is 0 Å². The molecule has 0 radical (unpaired) electrons. The summed E-state index contributed by atoms with van der Waals surface area (Å²) in [6.45, 7) is -0.547.